The van der Waals surface area contributed by atoms with Crippen molar-refractivity contribution in [3.8, 4) is 0 Å². The Balaban J connectivity index is 2.96. The molecule has 0 amide bonds. The van der Waals surface area contributed by atoms with Crippen LogP contribution in [-0.4, -0.2) is 15.3 Å². The molecule has 0 aliphatic carbocycles. The Labute approximate surface area is 57.6 Å². The molecule has 0 aromatic heterocycles. The van der Waals surface area contributed by atoms with E-state index in [-0.39, 0.29) is 0 Å². The van der Waals surface area contributed by atoms with Crippen molar-refractivity contribution in [2.24, 2.45) is 5.28 Å². The molecule has 1 aromatic rings. The first-order valence-corrected chi connectivity index (χ1v) is 2.73. The molecule has 0 bridgehead atoms. The molecule has 0 spiro atoms. The average molecular weight is 139 g/mol. The maximum Gasteiger partial charge on any atom is 0.292 e. The largest absolute Gasteiger partial charge is 0.359 e. The van der Waals surface area contributed by atoms with Crippen molar-refractivity contribution in [1.82, 2.24) is 0 Å². The zero-order valence-electron chi connectivity index (χ0n) is 5.18. The Kier molecular flexibility index (Phi) is 1.84. The molecule has 0 unspecified atom stereocenters. The summed E-state index contributed by atoms with van der Waals surface area (Å²) in [5.41, 5.74) is 0.421. The summed E-state index contributed by atoms with van der Waals surface area (Å²) in [7, 11) is 0. The van der Waals surface area contributed by atoms with Gasteiger partial charge in [0.05, 0.1) is 0 Å². The van der Waals surface area contributed by atoms with Crippen molar-refractivity contribution < 1.29 is 15.3 Å². The van der Waals surface area contributed by atoms with Gasteiger partial charge in [-0.2, -0.15) is 0 Å². The molecule has 0 aliphatic heterocycles. The summed E-state index contributed by atoms with van der Waals surface area (Å²) < 4.78 is 0. The Hall–Kier alpha value is -1.58. The molecule has 0 saturated heterocycles. The molecular weight excluding hydrogens is 132 g/mol. The van der Waals surface area contributed by atoms with Gasteiger partial charge in [-0.15, -0.1) is 0 Å². The summed E-state index contributed by atoms with van der Waals surface area (Å²) >= 11 is 0. The van der Waals surface area contributed by atoms with Crippen molar-refractivity contribution >= 4 is 5.69 Å². The lowest BCUT2D eigenvalue weighted by Crippen LogP contribution is -1.92. The summed E-state index contributed by atoms with van der Waals surface area (Å²) in [6.07, 6.45) is 0. The van der Waals surface area contributed by atoms with Crippen molar-refractivity contribution in [1.29, 1.82) is 0 Å². The van der Waals surface area contributed by atoms with E-state index < -0.39 is 0 Å². The maximum absolute atomic E-state index is 8.75. The van der Waals surface area contributed by atoms with Gasteiger partial charge in [-0.05, 0) is 0 Å². The third-order valence-corrected chi connectivity index (χ3v) is 1.07. The maximum atomic E-state index is 8.75. The van der Waals surface area contributed by atoms with Crippen molar-refractivity contribution in [3.63, 3.8) is 0 Å². The zero-order valence-corrected chi connectivity index (χ0v) is 5.18. The number of rotatable bonds is 1. The van der Waals surface area contributed by atoms with Gasteiger partial charge in [0.2, 0.25) is 5.28 Å². The average Bonchev–Trinajstić information content (AvgIpc) is 2.05. The Bertz CT molecular complexity index is 233. The number of hydrogen-bond acceptors (Lipinski definition) is 1. The SMILES string of the molecule is ON=[N+](O)c1ccccc1. The van der Waals surface area contributed by atoms with Crippen molar-refractivity contribution in [2.45, 2.75) is 0 Å². The van der Waals surface area contributed by atoms with Crippen LogP contribution in [0.5, 0.6) is 0 Å². The van der Waals surface area contributed by atoms with Gasteiger partial charge in [-0.1, -0.05) is 18.2 Å². The van der Waals surface area contributed by atoms with Gasteiger partial charge in [-0.25, -0.2) is 0 Å². The highest BCUT2D eigenvalue weighted by Crippen LogP contribution is 2.07. The summed E-state index contributed by atoms with van der Waals surface area (Å²) in [6, 6.07) is 8.47. The van der Waals surface area contributed by atoms with Gasteiger partial charge in [-0.3, -0.25) is 5.21 Å². The van der Waals surface area contributed by atoms with Gasteiger partial charge >= 0.3 is 0 Å². The van der Waals surface area contributed by atoms with E-state index in [1.165, 1.54) is 0 Å². The predicted molar refractivity (Wildman–Crippen MR) is 32.4 cm³/mol. The smallest absolute Gasteiger partial charge is 0.292 e. The Morgan fingerprint density at radius 2 is 1.80 bits per heavy atom. The van der Waals surface area contributed by atoms with E-state index >= 15 is 0 Å². The van der Waals surface area contributed by atoms with Gasteiger partial charge in [0.25, 0.3) is 5.69 Å². The first-order chi connectivity index (χ1) is 4.84. The molecule has 0 radical (unpaired) electrons. The molecular formula is C6H7N2O2+. The van der Waals surface area contributed by atoms with E-state index in [0.717, 1.165) is 0 Å². The van der Waals surface area contributed by atoms with Crippen LogP contribution in [-0.2, 0) is 0 Å². The molecule has 2 N–H and O–H groups in total. The third kappa shape index (κ3) is 1.22. The van der Waals surface area contributed by atoms with Crippen LogP contribution < -0.4 is 0 Å². The van der Waals surface area contributed by atoms with E-state index in [0.29, 0.717) is 10.5 Å². The summed E-state index contributed by atoms with van der Waals surface area (Å²) in [5.74, 6) is 0. The van der Waals surface area contributed by atoms with Gasteiger partial charge < -0.3 is 5.21 Å². The molecule has 52 valence electrons. The van der Waals surface area contributed by atoms with Crippen LogP contribution >= 0.6 is 0 Å². The van der Waals surface area contributed by atoms with Crippen molar-refractivity contribution in [2.75, 3.05) is 0 Å². The normalized spacial score (nSPS) is 11.4. The minimum absolute atomic E-state index is 0.389. The van der Waals surface area contributed by atoms with Crippen LogP contribution in [0.4, 0.5) is 5.69 Å². The fourth-order valence-corrected chi connectivity index (χ4v) is 0.613. The van der Waals surface area contributed by atoms with E-state index in [9.17, 15) is 0 Å². The molecule has 0 fully saturated rings. The molecule has 10 heavy (non-hydrogen) atoms. The van der Waals surface area contributed by atoms with E-state index in [1.807, 2.05) is 0 Å². The van der Waals surface area contributed by atoms with E-state index in [1.54, 1.807) is 30.3 Å². The van der Waals surface area contributed by atoms with Crippen molar-refractivity contribution in [3.05, 3.63) is 30.3 Å². The molecule has 1 aromatic carbocycles. The molecule has 0 atom stereocenters. The molecule has 1 rings (SSSR count). The van der Waals surface area contributed by atoms with Crippen LogP contribution in [0.3, 0.4) is 0 Å². The second-order valence-electron chi connectivity index (χ2n) is 1.71. The highest BCUT2D eigenvalue weighted by Gasteiger charge is 2.06. The summed E-state index contributed by atoms with van der Waals surface area (Å²) in [5, 5.41) is 19.4. The molecule has 0 heterocycles. The predicted octanol–water partition coefficient (Wildman–Crippen LogP) is 1.56. The van der Waals surface area contributed by atoms with Gasteiger partial charge in [0.15, 0.2) is 4.86 Å². The lowest BCUT2D eigenvalue weighted by molar-refractivity contribution is -0.778. The second-order valence-corrected chi connectivity index (χ2v) is 1.71. The number of nitrogens with zero attached hydrogens (tertiary/aromatic N) is 2. The van der Waals surface area contributed by atoms with E-state index in [4.69, 9.17) is 10.4 Å². The minimum atomic E-state index is 0.389. The lowest BCUT2D eigenvalue weighted by Gasteiger charge is -1.83. The molecule has 0 saturated carbocycles. The standard InChI is InChI=1S/C6H6N2O2/c9-7-8(10)6-4-2-1-3-5-6/h1-5,10H/p+1. The van der Waals surface area contributed by atoms with Crippen LogP contribution in [0.15, 0.2) is 35.6 Å². The second kappa shape index (κ2) is 2.82. The van der Waals surface area contributed by atoms with Crippen LogP contribution in [0, 0.1) is 0 Å². The van der Waals surface area contributed by atoms with Gasteiger partial charge in [0, 0.05) is 12.1 Å². The number of para-hydroxylation sites is 1. The fraction of sp³-hybridized carbons (Fsp3) is 0. The molecule has 0 aliphatic rings. The highest BCUT2D eigenvalue weighted by atomic mass is 16.6. The number of benzene rings is 1. The third-order valence-electron chi connectivity index (χ3n) is 1.07. The quantitative estimate of drug-likeness (QED) is 0.352. The summed E-state index contributed by atoms with van der Waals surface area (Å²) in [6.45, 7) is 0. The number of hydrogen-bond donors (Lipinski definition) is 2. The minimum Gasteiger partial charge on any atom is -0.359 e. The Morgan fingerprint density at radius 1 is 1.20 bits per heavy atom. The van der Waals surface area contributed by atoms with E-state index in [2.05, 4.69) is 5.28 Å². The van der Waals surface area contributed by atoms with Gasteiger partial charge in [0.1, 0.15) is 0 Å². The first-order valence-electron chi connectivity index (χ1n) is 2.73. The topological polar surface area (TPSA) is 55.8 Å². The van der Waals surface area contributed by atoms with Crippen LogP contribution in [0.25, 0.3) is 0 Å². The van der Waals surface area contributed by atoms with Crippen LogP contribution in [0.1, 0.15) is 0 Å². The zero-order chi connectivity index (χ0) is 7.40. The first kappa shape index (κ1) is 6.54. The Morgan fingerprint density at radius 3 is 2.30 bits per heavy atom. The monoisotopic (exact) mass is 139 g/mol. The van der Waals surface area contributed by atoms with Crippen LogP contribution in [0.2, 0.25) is 0 Å². The molecule has 4 nitrogen and oxygen atoms in total. The molecule has 4 heteroatoms. The fourth-order valence-electron chi connectivity index (χ4n) is 0.613. The lowest BCUT2D eigenvalue weighted by atomic mass is 10.3. The highest BCUT2D eigenvalue weighted by molar-refractivity contribution is 5.27. The summed E-state index contributed by atoms with van der Waals surface area (Å²) in [4.78, 5) is 0.389.